The molecule has 0 bridgehead atoms. The van der Waals surface area contributed by atoms with Gasteiger partial charge in [-0.2, -0.15) is 4.98 Å². The number of hydrogen-bond acceptors (Lipinski definition) is 5. The molecule has 1 saturated carbocycles. The van der Waals surface area contributed by atoms with Crippen molar-refractivity contribution in [2.45, 2.75) is 57.8 Å². The zero-order valence-corrected chi connectivity index (χ0v) is 19.2. The van der Waals surface area contributed by atoms with Crippen LogP contribution in [0.25, 0.3) is 11.4 Å². The summed E-state index contributed by atoms with van der Waals surface area (Å²) in [5.74, 6) is -0.362. The number of aromatic nitrogens is 2. The first-order valence-electron chi connectivity index (χ1n) is 11.3. The summed E-state index contributed by atoms with van der Waals surface area (Å²) in [4.78, 5) is 28.4. The van der Waals surface area contributed by atoms with Gasteiger partial charge < -0.3 is 14.9 Å². The van der Waals surface area contributed by atoms with Gasteiger partial charge in [0.2, 0.25) is 11.7 Å². The molecule has 0 aliphatic heterocycles. The topological polar surface area (TPSA) is 105 Å². The Morgan fingerprint density at radius 3 is 2.36 bits per heavy atom. The van der Waals surface area contributed by atoms with Crippen LogP contribution in [0.4, 0.5) is 5.69 Å². The number of carbonyl (C=O) groups excluding carboxylic acids is 1. The molecule has 1 aliphatic carbocycles. The SMILES string of the molecule is CC(C)(C)c1ccc(C(=O)Nc2ccc(-c3noc(C4CCCC(C(=O)O)C4)n3)cc2)cc1. The largest absolute Gasteiger partial charge is 0.481 e. The van der Waals surface area contributed by atoms with Gasteiger partial charge in [-0.05, 0) is 66.6 Å². The predicted molar refractivity (Wildman–Crippen MR) is 125 cm³/mol. The third-order valence-electron chi connectivity index (χ3n) is 6.23. The maximum absolute atomic E-state index is 12.6. The molecule has 4 rings (SSSR count). The highest BCUT2D eigenvalue weighted by atomic mass is 16.5. The smallest absolute Gasteiger partial charge is 0.306 e. The zero-order chi connectivity index (χ0) is 23.6. The molecular formula is C26H29N3O4. The number of rotatable bonds is 5. The van der Waals surface area contributed by atoms with E-state index in [1.807, 2.05) is 36.4 Å². The van der Waals surface area contributed by atoms with Crippen molar-refractivity contribution >= 4 is 17.6 Å². The first-order chi connectivity index (χ1) is 15.7. The maximum Gasteiger partial charge on any atom is 0.306 e. The van der Waals surface area contributed by atoms with Crippen LogP contribution in [0.2, 0.25) is 0 Å². The summed E-state index contributed by atoms with van der Waals surface area (Å²) in [6, 6.07) is 14.9. The van der Waals surface area contributed by atoms with E-state index in [0.29, 0.717) is 35.8 Å². The Hall–Kier alpha value is -3.48. The van der Waals surface area contributed by atoms with Crippen LogP contribution in [0.5, 0.6) is 0 Å². The van der Waals surface area contributed by atoms with Gasteiger partial charge in [0.1, 0.15) is 0 Å². The molecule has 1 aromatic heterocycles. The van der Waals surface area contributed by atoms with Crippen molar-refractivity contribution in [2.24, 2.45) is 5.92 Å². The number of anilines is 1. The van der Waals surface area contributed by atoms with Gasteiger partial charge in [0.05, 0.1) is 5.92 Å². The molecule has 2 aromatic carbocycles. The van der Waals surface area contributed by atoms with E-state index in [-0.39, 0.29) is 23.2 Å². The molecule has 7 nitrogen and oxygen atoms in total. The number of nitrogens with one attached hydrogen (secondary N) is 1. The summed E-state index contributed by atoms with van der Waals surface area (Å²) >= 11 is 0. The molecule has 172 valence electrons. The lowest BCUT2D eigenvalue weighted by Crippen LogP contribution is -2.21. The molecule has 0 saturated heterocycles. The molecule has 0 radical (unpaired) electrons. The Morgan fingerprint density at radius 2 is 1.73 bits per heavy atom. The van der Waals surface area contributed by atoms with Crippen molar-refractivity contribution in [3.63, 3.8) is 0 Å². The van der Waals surface area contributed by atoms with E-state index in [9.17, 15) is 14.7 Å². The van der Waals surface area contributed by atoms with Crippen LogP contribution >= 0.6 is 0 Å². The summed E-state index contributed by atoms with van der Waals surface area (Å²) in [5, 5.41) is 16.3. The van der Waals surface area contributed by atoms with Gasteiger partial charge in [0.15, 0.2) is 0 Å². The second kappa shape index (κ2) is 9.17. The molecule has 2 unspecified atom stereocenters. The van der Waals surface area contributed by atoms with Crippen molar-refractivity contribution in [3.8, 4) is 11.4 Å². The number of nitrogens with zero attached hydrogens (tertiary/aromatic N) is 2. The van der Waals surface area contributed by atoms with Crippen LogP contribution in [-0.2, 0) is 10.2 Å². The number of carbonyl (C=O) groups is 2. The molecule has 1 amide bonds. The summed E-state index contributed by atoms with van der Waals surface area (Å²) < 4.78 is 5.45. The minimum absolute atomic E-state index is 0.0238. The zero-order valence-electron chi connectivity index (χ0n) is 19.2. The summed E-state index contributed by atoms with van der Waals surface area (Å²) in [7, 11) is 0. The van der Waals surface area contributed by atoms with E-state index in [1.165, 1.54) is 5.56 Å². The highest BCUT2D eigenvalue weighted by Crippen LogP contribution is 2.36. The molecule has 2 N–H and O–H groups in total. The lowest BCUT2D eigenvalue weighted by Gasteiger charge is -2.23. The normalized spacial score (nSPS) is 18.6. The number of amides is 1. The van der Waals surface area contributed by atoms with Crippen LogP contribution < -0.4 is 5.32 Å². The molecule has 2 atom stereocenters. The average Bonchev–Trinajstić information content (AvgIpc) is 3.29. The van der Waals surface area contributed by atoms with E-state index < -0.39 is 5.97 Å². The van der Waals surface area contributed by atoms with E-state index in [1.54, 1.807) is 12.1 Å². The molecule has 7 heteroatoms. The van der Waals surface area contributed by atoms with Crippen molar-refractivity contribution in [3.05, 3.63) is 65.5 Å². The molecule has 1 aliphatic rings. The van der Waals surface area contributed by atoms with Crippen molar-refractivity contribution in [1.82, 2.24) is 10.1 Å². The number of carboxylic acids is 1. The number of hydrogen-bond donors (Lipinski definition) is 2. The third kappa shape index (κ3) is 5.30. The van der Waals surface area contributed by atoms with Gasteiger partial charge in [0, 0.05) is 22.7 Å². The monoisotopic (exact) mass is 447 g/mol. The molecule has 3 aromatic rings. The lowest BCUT2D eigenvalue weighted by molar-refractivity contribution is -0.143. The van der Waals surface area contributed by atoms with Crippen molar-refractivity contribution in [2.75, 3.05) is 5.32 Å². The molecule has 33 heavy (non-hydrogen) atoms. The molecule has 1 fully saturated rings. The third-order valence-corrected chi connectivity index (χ3v) is 6.23. The fourth-order valence-electron chi connectivity index (χ4n) is 4.18. The van der Waals surface area contributed by atoms with Gasteiger partial charge in [0.25, 0.3) is 5.91 Å². The first kappa shape index (κ1) is 22.7. The van der Waals surface area contributed by atoms with E-state index in [4.69, 9.17) is 4.52 Å². The second-order valence-corrected chi connectivity index (χ2v) is 9.71. The van der Waals surface area contributed by atoms with E-state index in [0.717, 1.165) is 18.4 Å². The van der Waals surface area contributed by atoms with Crippen LogP contribution in [0.15, 0.2) is 53.1 Å². The minimum atomic E-state index is -0.762. The second-order valence-electron chi connectivity index (χ2n) is 9.71. The Bertz CT molecular complexity index is 1130. The number of benzene rings is 2. The minimum Gasteiger partial charge on any atom is -0.481 e. The number of aliphatic carboxylic acids is 1. The Labute approximate surface area is 193 Å². The van der Waals surface area contributed by atoms with Crippen molar-refractivity contribution < 1.29 is 19.2 Å². The quantitative estimate of drug-likeness (QED) is 0.524. The highest BCUT2D eigenvalue weighted by Gasteiger charge is 2.31. The molecule has 1 heterocycles. The highest BCUT2D eigenvalue weighted by molar-refractivity contribution is 6.04. The van der Waals surface area contributed by atoms with Gasteiger partial charge in [-0.25, -0.2) is 0 Å². The summed E-state index contributed by atoms with van der Waals surface area (Å²) in [6.07, 6.45) is 2.92. The van der Waals surface area contributed by atoms with Crippen LogP contribution in [-0.4, -0.2) is 27.1 Å². The predicted octanol–water partition coefficient (Wildman–Crippen LogP) is 5.64. The van der Waals surface area contributed by atoms with Gasteiger partial charge >= 0.3 is 5.97 Å². The lowest BCUT2D eigenvalue weighted by atomic mass is 9.81. The van der Waals surface area contributed by atoms with E-state index in [2.05, 4.69) is 36.2 Å². The van der Waals surface area contributed by atoms with Gasteiger partial charge in [-0.1, -0.05) is 44.5 Å². The Kier molecular flexibility index (Phi) is 6.31. The average molecular weight is 448 g/mol. The van der Waals surface area contributed by atoms with Gasteiger partial charge in [-0.3, -0.25) is 9.59 Å². The van der Waals surface area contributed by atoms with Crippen LogP contribution in [0, 0.1) is 5.92 Å². The van der Waals surface area contributed by atoms with Crippen molar-refractivity contribution in [1.29, 1.82) is 0 Å². The Balaban J connectivity index is 1.40. The van der Waals surface area contributed by atoms with Crippen LogP contribution in [0.1, 0.15) is 74.2 Å². The molecule has 0 spiro atoms. The van der Waals surface area contributed by atoms with Gasteiger partial charge in [-0.15, -0.1) is 0 Å². The maximum atomic E-state index is 12.6. The fraction of sp³-hybridized carbons (Fsp3) is 0.385. The fourth-order valence-corrected chi connectivity index (χ4v) is 4.18. The summed E-state index contributed by atoms with van der Waals surface area (Å²) in [5.41, 5.74) is 3.25. The Morgan fingerprint density at radius 1 is 1.03 bits per heavy atom. The summed E-state index contributed by atoms with van der Waals surface area (Å²) in [6.45, 7) is 6.41. The van der Waals surface area contributed by atoms with E-state index >= 15 is 0 Å². The standard InChI is InChI=1S/C26H29N3O4/c1-26(2,3)20-11-7-17(8-12-20)23(30)27-21-13-9-16(10-14-21)22-28-24(33-29-22)18-5-4-6-19(15-18)25(31)32/h7-14,18-19H,4-6,15H2,1-3H3,(H,27,30)(H,31,32). The first-order valence-corrected chi connectivity index (χ1v) is 11.3. The van der Waals surface area contributed by atoms with Crippen LogP contribution in [0.3, 0.4) is 0 Å². The molecular weight excluding hydrogens is 418 g/mol. The number of carboxylic acid groups (broad SMARTS) is 1.